The number of aromatic nitrogens is 3. The van der Waals surface area contributed by atoms with Crippen LogP contribution in [0.15, 0.2) is 41.3 Å². The number of unbranched alkanes of at least 4 members (excludes halogenated alkanes) is 1. The Morgan fingerprint density at radius 1 is 1.26 bits per heavy atom. The summed E-state index contributed by atoms with van der Waals surface area (Å²) in [4.78, 5) is 40.6. The van der Waals surface area contributed by atoms with Crippen LogP contribution in [-0.4, -0.2) is 33.1 Å². The number of fused-ring (bicyclic) bond motifs is 1. The fourth-order valence-corrected chi connectivity index (χ4v) is 2.54. The number of hydrogen-bond acceptors (Lipinski definition) is 5. The lowest BCUT2D eigenvalue weighted by Crippen LogP contribution is -2.17. The van der Waals surface area contributed by atoms with Crippen LogP contribution in [0.4, 0.5) is 5.69 Å². The molecular formula is C19H20N4O4. The Morgan fingerprint density at radius 2 is 2.00 bits per heavy atom. The first kappa shape index (κ1) is 18.4. The van der Waals surface area contributed by atoms with Gasteiger partial charge in [-0.2, -0.15) is 0 Å². The van der Waals surface area contributed by atoms with Gasteiger partial charge in [0.1, 0.15) is 5.56 Å². The van der Waals surface area contributed by atoms with E-state index >= 15 is 0 Å². The highest BCUT2D eigenvalue weighted by Gasteiger charge is 2.15. The van der Waals surface area contributed by atoms with E-state index in [1.54, 1.807) is 31.2 Å². The maximum Gasteiger partial charge on any atom is 0.338 e. The van der Waals surface area contributed by atoms with Gasteiger partial charge in [0.2, 0.25) is 0 Å². The summed E-state index contributed by atoms with van der Waals surface area (Å²) in [6.45, 7) is 4.10. The molecular weight excluding hydrogens is 348 g/mol. The smallest absolute Gasteiger partial charge is 0.338 e. The molecule has 2 N–H and O–H groups in total. The number of carbonyl (C=O) groups is 2. The molecule has 3 aromatic rings. The minimum absolute atomic E-state index is 0.249. The van der Waals surface area contributed by atoms with E-state index < -0.39 is 11.9 Å². The minimum atomic E-state index is -0.412. The zero-order valence-corrected chi connectivity index (χ0v) is 15.1. The molecule has 1 amide bonds. The van der Waals surface area contributed by atoms with Gasteiger partial charge in [-0.3, -0.25) is 14.7 Å². The van der Waals surface area contributed by atoms with Crippen LogP contribution in [0.25, 0.3) is 5.65 Å². The molecule has 8 heteroatoms. The van der Waals surface area contributed by atoms with Crippen molar-refractivity contribution in [2.75, 3.05) is 11.9 Å². The molecule has 1 aromatic carbocycles. The number of aromatic amines is 1. The molecule has 0 radical (unpaired) electrons. The summed E-state index contributed by atoms with van der Waals surface area (Å²) in [5.41, 5.74) is 1.68. The van der Waals surface area contributed by atoms with Crippen molar-refractivity contribution in [1.82, 2.24) is 14.6 Å². The first-order chi connectivity index (χ1) is 13.0. The van der Waals surface area contributed by atoms with Gasteiger partial charge in [0.25, 0.3) is 11.5 Å². The predicted molar refractivity (Wildman–Crippen MR) is 100 cm³/mol. The number of amides is 1. The zero-order valence-electron chi connectivity index (χ0n) is 15.1. The monoisotopic (exact) mass is 368 g/mol. The van der Waals surface area contributed by atoms with E-state index in [0.29, 0.717) is 23.6 Å². The molecule has 3 rings (SSSR count). The van der Waals surface area contributed by atoms with Gasteiger partial charge in [0.15, 0.2) is 5.65 Å². The van der Waals surface area contributed by atoms with E-state index in [4.69, 9.17) is 4.74 Å². The highest BCUT2D eigenvalue weighted by molar-refractivity contribution is 6.08. The van der Waals surface area contributed by atoms with Crippen LogP contribution in [0, 0.1) is 6.92 Å². The van der Waals surface area contributed by atoms with Crippen LogP contribution in [0.1, 0.15) is 46.2 Å². The number of H-pyrrole nitrogens is 1. The van der Waals surface area contributed by atoms with Crippen LogP contribution in [0.5, 0.6) is 0 Å². The number of carbonyl (C=O) groups excluding carboxylic acids is 2. The van der Waals surface area contributed by atoms with Crippen molar-refractivity contribution in [1.29, 1.82) is 0 Å². The van der Waals surface area contributed by atoms with Gasteiger partial charge in [-0.05, 0) is 37.6 Å². The Morgan fingerprint density at radius 3 is 2.70 bits per heavy atom. The summed E-state index contributed by atoms with van der Waals surface area (Å²) >= 11 is 0. The zero-order chi connectivity index (χ0) is 19.4. The van der Waals surface area contributed by atoms with Crippen LogP contribution in [-0.2, 0) is 4.74 Å². The van der Waals surface area contributed by atoms with E-state index in [1.807, 2.05) is 6.92 Å². The normalized spacial score (nSPS) is 10.7. The highest BCUT2D eigenvalue weighted by Crippen LogP contribution is 2.14. The first-order valence-electron chi connectivity index (χ1n) is 8.66. The van der Waals surface area contributed by atoms with Crippen molar-refractivity contribution >= 4 is 23.2 Å². The van der Waals surface area contributed by atoms with E-state index in [9.17, 15) is 14.4 Å². The van der Waals surface area contributed by atoms with E-state index in [0.717, 1.165) is 12.8 Å². The molecule has 27 heavy (non-hydrogen) atoms. The van der Waals surface area contributed by atoms with Crippen molar-refractivity contribution in [3.05, 3.63) is 63.7 Å². The Kier molecular flexibility index (Phi) is 5.35. The van der Waals surface area contributed by atoms with Crippen LogP contribution < -0.4 is 10.9 Å². The molecule has 0 unspecified atom stereocenters. The Bertz CT molecular complexity index is 1030. The van der Waals surface area contributed by atoms with Gasteiger partial charge < -0.3 is 10.1 Å². The van der Waals surface area contributed by atoms with Gasteiger partial charge in [-0.1, -0.05) is 13.3 Å². The topological polar surface area (TPSA) is 106 Å². The third-order valence-corrected chi connectivity index (χ3v) is 3.98. The third kappa shape index (κ3) is 4.05. The Labute approximate surface area is 155 Å². The number of aryl methyl sites for hydroxylation is 1. The summed E-state index contributed by atoms with van der Waals surface area (Å²) in [7, 11) is 0. The van der Waals surface area contributed by atoms with Crippen molar-refractivity contribution < 1.29 is 14.3 Å². The molecule has 0 bridgehead atoms. The van der Waals surface area contributed by atoms with Gasteiger partial charge in [0.05, 0.1) is 12.2 Å². The lowest BCUT2D eigenvalue weighted by Gasteiger charge is -2.06. The number of nitrogens with one attached hydrogen (secondary N) is 2. The number of hydrogen-bond donors (Lipinski definition) is 2. The molecule has 2 aromatic heterocycles. The third-order valence-electron chi connectivity index (χ3n) is 3.98. The minimum Gasteiger partial charge on any atom is -0.462 e. The Balaban J connectivity index is 1.73. The first-order valence-corrected chi connectivity index (χ1v) is 8.66. The molecule has 0 fully saturated rings. The maximum atomic E-state index is 12.5. The summed E-state index contributed by atoms with van der Waals surface area (Å²) in [5.74, 6) is -0.804. The van der Waals surface area contributed by atoms with Gasteiger partial charge in [-0.15, -0.1) is 0 Å². The molecule has 140 valence electrons. The van der Waals surface area contributed by atoms with Crippen LogP contribution in [0.3, 0.4) is 0 Å². The predicted octanol–water partition coefficient (Wildman–Crippen LogP) is 2.54. The van der Waals surface area contributed by atoms with Gasteiger partial charge in [-0.25, -0.2) is 14.3 Å². The Hall–Kier alpha value is -3.42. The number of esters is 1. The number of anilines is 1. The van der Waals surface area contributed by atoms with Gasteiger partial charge >= 0.3 is 5.97 Å². The molecule has 0 aliphatic rings. The second-order valence-corrected chi connectivity index (χ2v) is 6.10. The quantitative estimate of drug-likeness (QED) is 0.514. The number of rotatable bonds is 6. The van der Waals surface area contributed by atoms with Crippen molar-refractivity contribution in [3.8, 4) is 0 Å². The van der Waals surface area contributed by atoms with E-state index in [1.165, 1.54) is 16.8 Å². The van der Waals surface area contributed by atoms with Gasteiger partial charge in [0, 0.05) is 23.6 Å². The lowest BCUT2D eigenvalue weighted by molar-refractivity contribution is 0.0499. The number of ether oxygens (including phenoxy) is 1. The second-order valence-electron chi connectivity index (χ2n) is 6.10. The number of benzene rings is 1. The van der Waals surface area contributed by atoms with Crippen molar-refractivity contribution in [3.63, 3.8) is 0 Å². The molecule has 0 atom stereocenters. The average Bonchev–Trinajstić information content (AvgIpc) is 3.06. The standard InChI is InChI=1S/C19H20N4O4/c1-3-4-9-27-19(26)13-5-7-14(8-6-13)22-18(25)15-11-20-23-16(24)10-12(2)21-17(15)23/h5-8,10-11,20H,3-4,9H2,1-2H3,(H,22,25). The lowest BCUT2D eigenvalue weighted by atomic mass is 10.2. The summed E-state index contributed by atoms with van der Waals surface area (Å²) < 4.78 is 6.35. The van der Waals surface area contributed by atoms with E-state index in [-0.39, 0.29) is 16.8 Å². The molecule has 0 aliphatic carbocycles. The summed E-state index contributed by atoms with van der Waals surface area (Å²) in [6.07, 6.45) is 3.20. The molecule has 0 saturated heterocycles. The maximum absolute atomic E-state index is 12.5. The summed E-state index contributed by atoms with van der Waals surface area (Å²) in [5, 5.41) is 5.45. The molecule has 0 saturated carbocycles. The van der Waals surface area contributed by atoms with Crippen LogP contribution in [0.2, 0.25) is 0 Å². The molecule has 0 aliphatic heterocycles. The number of nitrogens with zero attached hydrogens (tertiary/aromatic N) is 2. The molecule has 2 heterocycles. The average molecular weight is 368 g/mol. The fraction of sp³-hybridized carbons (Fsp3) is 0.263. The molecule has 8 nitrogen and oxygen atoms in total. The van der Waals surface area contributed by atoms with E-state index in [2.05, 4.69) is 15.4 Å². The van der Waals surface area contributed by atoms with Crippen LogP contribution >= 0.6 is 0 Å². The fourth-order valence-electron chi connectivity index (χ4n) is 2.54. The van der Waals surface area contributed by atoms with Crippen molar-refractivity contribution in [2.45, 2.75) is 26.7 Å². The largest absolute Gasteiger partial charge is 0.462 e. The highest BCUT2D eigenvalue weighted by atomic mass is 16.5. The second kappa shape index (κ2) is 7.86. The molecule has 0 spiro atoms. The SMILES string of the molecule is CCCCOC(=O)c1ccc(NC(=O)c2c[nH]n3c(=O)cc(C)nc23)cc1. The van der Waals surface area contributed by atoms with Crippen molar-refractivity contribution in [2.24, 2.45) is 0 Å². The summed E-state index contributed by atoms with van der Waals surface area (Å²) in [6, 6.07) is 7.80.